The van der Waals surface area contributed by atoms with Gasteiger partial charge in [-0.3, -0.25) is 0 Å². The summed E-state index contributed by atoms with van der Waals surface area (Å²) in [6, 6.07) is 5.67. The Hall–Kier alpha value is -0.750. The highest BCUT2D eigenvalue weighted by atomic mass is 32.2. The summed E-state index contributed by atoms with van der Waals surface area (Å²) in [5.41, 5.74) is 1.16. The van der Waals surface area contributed by atoms with Crippen LogP contribution in [0.25, 0.3) is 0 Å². The van der Waals surface area contributed by atoms with Crippen molar-refractivity contribution in [1.29, 1.82) is 0 Å². The number of hydrogen-bond donors (Lipinski definition) is 1. The zero-order valence-corrected chi connectivity index (χ0v) is 7.54. The molecular weight excluding hydrogens is 192 g/mol. The van der Waals surface area contributed by atoms with Gasteiger partial charge in [0.1, 0.15) is 5.75 Å². The van der Waals surface area contributed by atoms with Crippen LogP contribution in [-0.4, -0.2) is 11.9 Å². The predicted octanol–water partition coefficient (Wildman–Crippen LogP) is 2.05. The van der Waals surface area contributed by atoms with Crippen LogP contribution in [-0.2, 0) is 15.8 Å². The molecule has 70 valence electrons. The highest BCUT2D eigenvalue weighted by molar-refractivity contribution is 7.94. The Balaban J connectivity index is 2.12. The lowest BCUT2D eigenvalue weighted by Gasteiger charge is -2.00. The van der Waals surface area contributed by atoms with E-state index in [1.54, 1.807) is 0 Å². The maximum absolute atomic E-state index is 7.95. The molecule has 1 aliphatic rings. The Morgan fingerprint density at radius 1 is 1.46 bits per heavy atom. The van der Waals surface area contributed by atoms with Crippen LogP contribution in [0.5, 0.6) is 5.75 Å². The van der Waals surface area contributed by atoms with Crippen molar-refractivity contribution in [3.63, 3.8) is 0 Å². The lowest BCUT2D eigenvalue weighted by Crippen LogP contribution is -1.85. The van der Waals surface area contributed by atoms with Gasteiger partial charge in [-0.05, 0) is 23.8 Å². The van der Waals surface area contributed by atoms with Crippen LogP contribution >= 0.6 is 12.0 Å². The van der Waals surface area contributed by atoms with E-state index in [1.807, 2.05) is 18.2 Å². The smallest absolute Gasteiger partial charge is 0.122 e. The normalized spacial score (nSPS) is 13.9. The first-order chi connectivity index (χ1) is 6.40. The molecule has 0 fully saturated rings. The van der Waals surface area contributed by atoms with Gasteiger partial charge in [-0.2, -0.15) is 0 Å². The average Bonchev–Trinajstić information content (AvgIpc) is 2.61. The summed E-state index contributed by atoms with van der Waals surface area (Å²) in [5, 5.41) is 11.5. The number of ether oxygens (including phenoxy) is 1. The molecule has 0 aromatic heterocycles. The molecule has 0 radical (unpaired) electrons. The molecule has 0 amide bonds. The first-order valence-electron chi connectivity index (χ1n) is 3.80. The molecule has 0 saturated carbocycles. The van der Waals surface area contributed by atoms with Crippen molar-refractivity contribution in [2.75, 3.05) is 6.61 Å². The van der Waals surface area contributed by atoms with Gasteiger partial charge < -0.3 is 4.74 Å². The second-order valence-electron chi connectivity index (χ2n) is 2.59. The van der Waals surface area contributed by atoms with E-state index in [2.05, 4.69) is 9.37 Å². The minimum atomic E-state index is 0.737. The predicted molar refractivity (Wildman–Crippen MR) is 46.3 cm³/mol. The SMILES string of the molecule is OOOSc1ccc2c(c1)CCO2. The van der Waals surface area contributed by atoms with E-state index >= 15 is 0 Å². The van der Waals surface area contributed by atoms with Crippen molar-refractivity contribution in [3.8, 4) is 5.75 Å². The molecule has 0 aliphatic carbocycles. The number of benzene rings is 1. The van der Waals surface area contributed by atoms with E-state index in [0.717, 1.165) is 41.3 Å². The van der Waals surface area contributed by atoms with Crippen LogP contribution in [0.15, 0.2) is 23.1 Å². The third kappa shape index (κ3) is 1.94. The molecule has 13 heavy (non-hydrogen) atoms. The summed E-state index contributed by atoms with van der Waals surface area (Å²) in [4.78, 5) is 0.873. The van der Waals surface area contributed by atoms with E-state index in [-0.39, 0.29) is 0 Å². The summed E-state index contributed by atoms with van der Waals surface area (Å²) in [6.07, 6.45) is 0.920. The van der Waals surface area contributed by atoms with Crippen LogP contribution in [0, 0.1) is 0 Å². The molecule has 1 N–H and O–H groups in total. The Bertz CT molecular complexity index is 302. The highest BCUT2D eigenvalue weighted by Gasteiger charge is 2.12. The Morgan fingerprint density at radius 2 is 2.38 bits per heavy atom. The lowest BCUT2D eigenvalue weighted by molar-refractivity contribution is -0.432. The second-order valence-corrected chi connectivity index (χ2v) is 3.37. The number of rotatable bonds is 3. The van der Waals surface area contributed by atoms with Crippen molar-refractivity contribution in [2.24, 2.45) is 0 Å². The van der Waals surface area contributed by atoms with Gasteiger partial charge in [0.15, 0.2) is 0 Å². The maximum atomic E-state index is 7.95. The van der Waals surface area contributed by atoms with Crippen molar-refractivity contribution in [2.45, 2.75) is 11.3 Å². The third-order valence-electron chi connectivity index (χ3n) is 1.82. The molecule has 0 spiro atoms. The van der Waals surface area contributed by atoms with Gasteiger partial charge in [-0.25, -0.2) is 5.26 Å². The molecule has 0 saturated heterocycles. The summed E-state index contributed by atoms with van der Waals surface area (Å²) in [7, 11) is 0. The Morgan fingerprint density at radius 3 is 3.23 bits per heavy atom. The lowest BCUT2D eigenvalue weighted by atomic mass is 10.2. The topological polar surface area (TPSA) is 47.9 Å². The van der Waals surface area contributed by atoms with Crippen molar-refractivity contribution in [1.82, 2.24) is 0 Å². The van der Waals surface area contributed by atoms with Gasteiger partial charge >= 0.3 is 0 Å². The molecule has 5 heteroatoms. The van der Waals surface area contributed by atoms with E-state index < -0.39 is 0 Å². The fourth-order valence-electron chi connectivity index (χ4n) is 1.27. The van der Waals surface area contributed by atoms with Gasteiger partial charge in [-0.1, -0.05) is 5.04 Å². The molecule has 1 heterocycles. The van der Waals surface area contributed by atoms with Crippen LogP contribution in [0.3, 0.4) is 0 Å². The third-order valence-corrected chi connectivity index (χ3v) is 2.40. The standard InChI is InChI=1S/C8H8O4S/c9-11-12-13-7-1-2-8-6(5-7)3-4-10-8/h1-2,5,9H,3-4H2. The van der Waals surface area contributed by atoms with E-state index in [0.29, 0.717) is 0 Å². The molecule has 1 aliphatic heterocycles. The zero-order chi connectivity index (χ0) is 9.10. The fraction of sp³-hybridized carbons (Fsp3) is 0.250. The molecule has 0 unspecified atom stereocenters. The van der Waals surface area contributed by atoms with Crippen LogP contribution in [0.4, 0.5) is 0 Å². The molecule has 1 aromatic carbocycles. The quantitative estimate of drug-likeness (QED) is 0.459. The van der Waals surface area contributed by atoms with Gasteiger partial charge in [-0.15, -0.1) is 4.33 Å². The Kier molecular flexibility index (Phi) is 2.70. The molecule has 1 aromatic rings. The van der Waals surface area contributed by atoms with Gasteiger partial charge in [0.05, 0.1) is 18.6 Å². The van der Waals surface area contributed by atoms with Crippen molar-refractivity contribution >= 4 is 12.0 Å². The van der Waals surface area contributed by atoms with Crippen LogP contribution in [0.1, 0.15) is 5.56 Å². The van der Waals surface area contributed by atoms with E-state index in [1.165, 1.54) is 0 Å². The molecule has 0 atom stereocenters. The molecule has 2 rings (SSSR count). The summed E-state index contributed by atoms with van der Waals surface area (Å²) in [6.45, 7) is 0.737. The Labute approximate surface area is 79.5 Å². The van der Waals surface area contributed by atoms with E-state index in [9.17, 15) is 0 Å². The number of fused-ring (bicyclic) bond motifs is 1. The van der Waals surface area contributed by atoms with Crippen molar-refractivity contribution < 1.29 is 19.4 Å². The van der Waals surface area contributed by atoms with Gasteiger partial charge in [0.25, 0.3) is 0 Å². The first kappa shape index (κ1) is 8.83. The fourth-order valence-corrected chi connectivity index (χ4v) is 1.69. The summed E-state index contributed by atoms with van der Waals surface area (Å²) >= 11 is 0.959. The zero-order valence-electron chi connectivity index (χ0n) is 6.73. The minimum absolute atomic E-state index is 0.737. The first-order valence-corrected chi connectivity index (χ1v) is 4.55. The van der Waals surface area contributed by atoms with Gasteiger partial charge in [0.2, 0.25) is 0 Å². The number of hydrogen-bond acceptors (Lipinski definition) is 5. The van der Waals surface area contributed by atoms with Crippen LogP contribution in [0.2, 0.25) is 0 Å². The molecular formula is C8H8O4S. The molecule has 4 nitrogen and oxygen atoms in total. The maximum Gasteiger partial charge on any atom is 0.122 e. The second kappa shape index (κ2) is 3.97. The highest BCUT2D eigenvalue weighted by Crippen LogP contribution is 2.30. The average molecular weight is 200 g/mol. The van der Waals surface area contributed by atoms with Gasteiger partial charge in [0, 0.05) is 11.3 Å². The molecule has 0 bridgehead atoms. The minimum Gasteiger partial charge on any atom is -0.493 e. The van der Waals surface area contributed by atoms with Crippen molar-refractivity contribution in [3.05, 3.63) is 23.8 Å². The van der Waals surface area contributed by atoms with E-state index in [4.69, 9.17) is 9.99 Å². The summed E-state index contributed by atoms with van der Waals surface area (Å²) < 4.78 is 9.64. The van der Waals surface area contributed by atoms with Crippen LogP contribution < -0.4 is 4.74 Å². The monoisotopic (exact) mass is 200 g/mol. The largest absolute Gasteiger partial charge is 0.493 e. The summed E-state index contributed by atoms with van der Waals surface area (Å²) in [5.74, 6) is 0.925.